The molecule has 0 radical (unpaired) electrons. The Morgan fingerprint density at radius 1 is 1.20 bits per heavy atom. The van der Waals surface area contributed by atoms with Gasteiger partial charge >= 0.3 is 0 Å². The molecular weight excluding hydrogens is 184 g/mol. The molecule has 2 heteroatoms. The summed E-state index contributed by atoms with van der Waals surface area (Å²) in [6.07, 6.45) is 3.56. The van der Waals surface area contributed by atoms with Crippen LogP contribution < -0.4 is 10.6 Å². The van der Waals surface area contributed by atoms with Crippen LogP contribution in [0.1, 0.15) is 26.2 Å². The number of unbranched alkanes of at least 4 members (excludes halogenated alkanes) is 1. The highest BCUT2D eigenvalue weighted by Crippen LogP contribution is 2.12. The van der Waals surface area contributed by atoms with E-state index in [1.54, 1.807) is 0 Å². The van der Waals surface area contributed by atoms with E-state index >= 15 is 0 Å². The zero-order chi connectivity index (χ0) is 11.1. The van der Waals surface area contributed by atoms with Crippen molar-refractivity contribution in [2.75, 3.05) is 18.5 Å². The fourth-order valence-electron chi connectivity index (χ4n) is 1.63. The highest BCUT2D eigenvalue weighted by molar-refractivity contribution is 5.44. The normalized spacial score (nSPS) is 12.5. The molecule has 84 valence electrons. The minimum absolute atomic E-state index is 0.340. The molecule has 1 aromatic carbocycles. The first-order chi connectivity index (χ1) is 7.20. The number of benzene rings is 1. The second-order valence-electron chi connectivity index (χ2n) is 4.23. The van der Waals surface area contributed by atoms with Gasteiger partial charge in [-0.3, -0.25) is 0 Å². The van der Waals surface area contributed by atoms with Crippen molar-refractivity contribution >= 4 is 5.69 Å². The minimum Gasteiger partial charge on any atom is -0.375 e. The fraction of sp³-hybridized carbons (Fsp3) is 0.538. The summed E-state index contributed by atoms with van der Waals surface area (Å²) < 4.78 is 0. The Hall–Kier alpha value is -1.02. The quantitative estimate of drug-likeness (QED) is 0.725. The molecule has 0 amide bonds. The molecule has 0 saturated heterocycles. The monoisotopic (exact) mass is 206 g/mol. The summed E-state index contributed by atoms with van der Waals surface area (Å²) >= 11 is 0. The van der Waals surface area contributed by atoms with Crippen LogP contribution in [0.3, 0.4) is 0 Å². The first-order valence-corrected chi connectivity index (χ1v) is 5.72. The van der Waals surface area contributed by atoms with Crippen LogP contribution in [0.15, 0.2) is 30.3 Å². The topological polar surface area (TPSA) is 29.3 Å². The van der Waals surface area contributed by atoms with E-state index < -0.39 is 0 Å². The first-order valence-electron chi connectivity index (χ1n) is 5.72. The summed E-state index contributed by atoms with van der Waals surface area (Å²) in [5, 5.41) is 0. The molecule has 0 heterocycles. The van der Waals surface area contributed by atoms with Crippen molar-refractivity contribution in [3.05, 3.63) is 30.3 Å². The Bertz CT molecular complexity index is 256. The van der Waals surface area contributed by atoms with Crippen LogP contribution in [0.5, 0.6) is 0 Å². The Morgan fingerprint density at radius 3 is 2.47 bits per heavy atom. The molecule has 1 unspecified atom stereocenters. The number of para-hydroxylation sites is 1. The molecule has 0 aliphatic heterocycles. The lowest BCUT2D eigenvalue weighted by molar-refractivity contribution is 0.596. The molecule has 0 spiro atoms. The average Bonchev–Trinajstić information content (AvgIpc) is 2.25. The van der Waals surface area contributed by atoms with Gasteiger partial charge in [-0.05, 0) is 31.9 Å². The molecule has 2 nitrogen and oxygen atoms in total. The Balaban J connectivity index is 2.22. The van der Waals surface area contributed by atoms with E-state index in [0.717, 1.165) is 13.0 Å². The molecule has 15 heavy (non-hydrogen) atoms. The largest absolute Gasteiger partial charge is 0.375 e. The number of nitrogens with two attached hydrogens (primary N) is 1. The van der Waals surface area contributed by atoms with Gasteiger partial charge in [0, 0.05) is 25.3 Å². The van der Waals surface area contributed by atoms with Gasteiger partial charge in [-0.2, -0.15) is 0 Å². The summed E-state index contributed by atoms with van der Waals surface area (Å²) in [7, 11) is 2.14. The van der Waals surface area contributed by atoms with E-state index in [1.165, 1.54) is 18.5 Å². The first kappa shape index (κ1) is 12.1. The van der Waals surface area contributed by atoms with Crippen LogP contribution in [0.2, 0.25) is 0 Å². The number of hydrogen-bond donors (Lipinski definition) is 1. The third-order valence-electron chi connectivity index (χ3n) is 2.60. The van der Waals surface area contributed by atoms with Crippen LogP contribution >= 0.6 is 0 Å². The lowest BCUT2D eigenvalue weighted by Crippen LogP contribution is -2.19. The number of anilines is 1. The average molecular weight is 206 g/mol. The van der Waals surface area contributed by atoms with Crippen molar-refractivity contribution < 1.29 is 0 Å². The minimum atomic E-state index is 0.340. The molecule has 0 aliphatic carbocycles. The van der Waals surface area contributed by atoms with Crippen molar-refractivity contribution in [1.82, 2.24) is 0 Å². The summed E-state index contributed by atoms with van der Waals surface area (Å²) in [6.45, 7) is 3.18. The maximum atomic E-state index is 5.71. The smallest absolute Gasteiger partial charge is 0.0363 e. The molecule has 1 atom stereocenters. The van der Waals surface area contributed by atoms with Crippen LogP contribution in [0, 0.1) is 0 Å². The van der Waals surface area contributed by atoms with Crippen LogP contribution in [0.25, 0.3) is 0 Å². The summed E-state index contributed by atoms with van der Waals surface area (Å²) in [5.41, 5.74) is 7.00. The van der Waals surface area contributed by atoms with Gasteiger partial charge in [-0.25, -0.2) is 0 Å². The predicted molar refractivity (Wildman–Crippen MR) is 67.2 cm³/mol. The third kappa shape index (κ3) is 4.84. The van der Waals surface area contributed by atoms with Crippen molar-refractivity contribution in [2.24, 2.45) is 5.73 Å². The molecule has 1 rings (SSSR count). The van der Waals surface area contributed by atoms with E-state index in [-0.39, 0.29) is 0 Å². The van der Waals surface area contributed by atoms with Crippen LogP contribution in [-0.2, 0) is 0 Å². The van der Waals surface area contributed by atoms with Crippen molar-refractivity contribution in [3.63, 3.8) is 0 Å². The van der Waals surface area contributed by atoms with E-state index in [1.807, 2.05) is 6.07 Å². The third-order valence-corrected chi connectivity index (χ3v) is 2.60. The molecule has 0 saturated carbocycles. The summed E-state index contributed by atoms with van der Waals surface area (Å²) in [4.78, 5) is 2.29. The van der Waals surface area contributed by atoms with E-state index in [2.05, 4.69) is 43.1 Å². The number of nitrogens with zero attached hydrogens (tertiary/aromatic N) is 1. The zero-order valence-electron chi connectivity index (χ0n) is 9.82. The van der Waals surface area contributed by atoms with Crippen molar-refractivity contribution in [2.45, 2.75) is 32.2 Å². The molecule has 0 aliphatic rings. The van der Waals surface area contributed by atoms with Crippen LogP contribution in [-0.4, -0.2) is 19.6 Å². The molecule has 2 N–H and O–H groups in total. The maximum Gasteiger partial charge on any atom is 0.0363 e. The van der Waals surface area contributed by atoms with E-state index in [4.69, 9.17) is 5.73 Å². The fourth-order valence-corrected chi connectivity index (χ4v) is 1.63. The van der Waals surface area contributed by atoms with Gasteiger partial charge in [0.15, 0.2) is 0 Å². The van der Waals surface area contributed by atoms with Crippen LogP contribution in [0.4, 0.5) is 5.69 Å². The van der Waals surface area contributed by atoms with Gasteiger partial charge < -0.3 is 10.6 Å². The Labute approximate surface area is 93.1 Å². The molecular formula is C13H22N2. The summed E-state index contributed by atoms with van der Waals surface area (Å²) in [5.74, 6) is 0. The second-order valence-corrected chi connectivity index (χ2v) is 4.23. The number of rotatable bonds is 6. The van der Waals surface area contributed by atoms with Gasteiger partial charge in [0.25, 0.3) is 0 Å². The SMILES string of the molecule is CC(N)CCCCN(C)c1ccccc1. The molecule has 0 fully saturated rings. The molecule has 1 aromatic rings. The van der Waals surface area contributed by atoms with Gasteiger partial charge in [0.05, 0.1) is 0 Å². The Kier molecular flexibility index (Phi) is 5.19. The van der Waals surface area contributed by atoms with Gasteiger partial charge in [-0.15, -0.1) is 0 Å². The Morgan fingerprint density at radius 2 is 1.87 bits per heavy atom. The predicted octanol–water partition coefficient (Wildman–Crippen LogP) is 2.64. The highest BCUT2D eigenvalue weighted by Gasteiger charge is 1.99. The second kappa shape index (κ2) is 6.46. The maximum absolute atomic E-state index is 5.71. The zero-order valence-corrected chi connectivity index (χ0v) is 9.82. The number of hydrogen-bond acceptors (Lipinski definition) is 2. The van der Waals surface area contributed by atoms with Gasteiger partial charge in [0.1, 0.15) is 0 Å². The van der Waals surface area contributed by atoms with Crippen molar-refractivity contribution in [1.29, 1.82) is 0 Å². The standard InChI is InChI=1S/C13H22N2/c1-12(14)8-6-7-11-15(2)13-9-4-3-5-10-13/h3-5,9-10,12H,6-8,11,14H2,1-2H3. The van der Waals surface area contributed by atoms with E-state index in [9.17, 15) is 0 Å². The molecule has 0 aromatic heterocycles. The van der Waals surface area contributed by atoms with E-state index in [0.29, 0.717) is 6.04 Å². The van der Waals surface area contributed by atoms with Gasteiger partial charge in [0.2, 0.25) is 0 Å². The van der Waals surface area contributed by atoms with Crippen molar-refractivity contribution in [3.8, 4) is 0 Å². The lowest BCUT2D eigenvalue weighted by Gasteiger charge is -2.19. The van der Waals surface area contributed by atoms with Gasteiger partial charge in [-0.1, -0.05) is 24.6 Å². The highest BCUT2D eigenvalue weighted by atomic mass is 15.1. The summed E-state index contributed by atoms with van der Waals surface area (Å²) in [6, 6.07) is 10.8. The molecule has 0 bridgehead atoms. The lowest BCUT2D eigenvalue weighted by atomic mass is 10.1.